The maximum absolute atomic E-state index is 10.8. The molecule has 16 heavy (non-hydrogen) atoms. The topological polar surface area (TPSA) is 65.2 Å². The number of ether oxygens (including phenoxy) is 1. The zero-order chi connectivity index (χ0) is 12.1. The largest absolute Gasteiger partial charge is 0.373 e. The summed E-state index contributed by atoms with van der Waals surface area (Å²) in [5, 5.41) is 3.86. The van der Waals surface area contributed by atoms with E-state index in [1.54, 1.807) is 14.0 Å². The van der Waals surface area contributed by atoms with Crippen molar-refractivity contribution in [1.29, 1.82) is 0 Å². The van der Waals surface area contributed by atoms with Crippen molar-refractivity contribution in [1.82, 2.24) is 10.1 Å². The minimum absolute atomic E-state index is 0.118. The molecule has 0 saturated carbocycles. The number of methoxy groups -OCH3 is 1. The first-order valence-electron chi connectivity index (χ1n) is 5.39. The Balaban J connectivity index is 2.66. The normalized spacial score (nSPS) is 13.1. The van der Waals surface area contributed by atoms with Crippen molar-refractivity contribution < 1.29 is 14.1 Å². The van der Waals surface area contributed by atoms with Crippen molar-refractivity contribution >= 4 is 5.78 Å². The number of nitrogens with zero attached hydrogens (tertiary/aromatic N) is 2. The summed E-state index contributed by atoms with van der Waals surface area (Å²) < 4.78 is 10.3. The van der Waals surface area contributed by atoms with Crippen molar-refractivity contribution in [2.24, 2.45) is 5.92 Å². The third-order valence-electron chi connectivity index (χ3n) is 2.29. The third kappa shape index (κ3) is 3.41. The third-order valence-corrected chi connectivity index (χ3v) is 2.29. The molecule has 0 aromatic carbocycles. The second-order valence-electron chi connectivity index (χ2n) is 4.15. The molecule has 0 aliphatic heterocycles. The number of aromatic nitrogens is 2. The molecule has 0 N–H and O–H groups in total. The first-order valence-corrected chi connectivity index (χ1v) is 5.39. The summed E-state index contributed by atoms with van der Waals surface area (Å²) in [7, 11) is 1.62. The molecule has 0 bridgehead atoms. The number of rotatable bonds is 6. The fraction of sp³-hybridized carbons (Fsp3) is 0.727. The Hall–Kier alpha value is -1.23. The summed E-state index contributed by atoms with van der Waals surface area (Å²) >= 11 is 0. The van der Waals surface area contributed by atoms with Gasteiger partial charge in [0.15, 0.2) is 0 Å². The van der Waals surface area contributed by atoms with Gasteiger partial charge in [0.1, 0.15) is 11.9 Å². The van der Waals surface area contributed by atoms with E-state index in [1.165, 1.54) is 0 Å². The molecule has 0 aliphatic carbocycles. The van der Waals surface area contributed by atoms with Crippen molar-refractivity contribution in [3.8, 4) is 0 Å². The lowest BCUT2D eigenvalue weighted by Crippen LogP contribution is -2.10. The van der Waals surface area contributed by atoms with E-state index >= 15 is 0 Å². The number of hydrogen-bond donors (Lipinski definition) is 0. The maximum atomic E-state index is 10.8. The summed E-state index contributed by atoms with van der Waals surface area (Å²) in [6.07, 6.45) is 0.771. The van der Waals surface area contributed by atoms with E-state index in [-0.39, 0.29) is 17.8 Å². The number of aryl methyl sites for hydroxylation is 1. The highest BCUT2D eigenvalue weighted by atomic mass is 16.5. The Bertz CT molecular complexity index is 347. The number of hydrogen-bond acceptors (Lipinski definition) is 5. The van der Waals surface area contributed by atoms with E-state index in [0.717, 1.165) is 0 Å². The van der Waals surface area contributed by atoms with E-state index in [9.17, 15) is 4.79 Å². The van der Waals surface area contributed by atoms with Crippen LogP contribution in [0.2, 0.25) is 0 Å². The van der Waals surface area contributed by atoms with Crippen molar-refractivity contribution in [2.75, 3.05) is 7.11 Å². The van der Waals surface area contributed by atoms with Crippen LogP contribution in [0, 0.1) is 5.92 Å². The summed E-state index contributed by atoms with van der Waals surface area (Å²) in [5.74, 6) is 1.44. The lowest BCUT2D eigenvalue weighted by molar-refractivity contribution is -0.117. The van der Waals surface area contributed by atoms with Gasteiger partial charge in [-0.25, -0.2) is 0 Å². The van der Waals surface area contributed by atoms with Crippen molar-refractivity contribution in [3.63, 3.8) is 0 Å². The molecule has 0 spiro atoms. The average molecular weight is 226 g/mol. The predicted octanol–water partition coefficient (Wildman–Crippen LogP) is 1.93. The molecular weight excluding hydrogens is 208 g/mol. The van der Waals surface area contributed by atoms with E-state index in [2.05, 4.69) is 10.1 Å². The molecule has 1 aromatic heterocycles. The van der Waals surface area contributed by atoms with Gasteiger partial charge in [-0.05, 0) is 12.8 Å². The monoisotopic (exact) mass is 226 g/mol. The smallest absolute Gasteiger partial charge is 0.227 e. The molecule has 1 atom stereocenters. The van der Waals surface area contributed by atoms with Crippen LogP contribution in [0.4, 0.5) is 0 Å². The van der Waals surface area contributed by atoms with Gasteiger partial charge in [0.05, 0.1) is 0 Å². The first-order chi connectivity index (χ1) is 7.54. The molecule has 5 nitrogen and oxygen atoms in total. The van der Waals surface area contributed by atoms with Gasteiger partial charge in [-0.1, -0.05) is 19.0 Å². The summed E-state index contributed by atoms with van der Waals surface area (Å²) in [5.41, 5.74) is 0. The fourth-order valence-electron chi connectivity index (χ4n) is 1.44. The molecule has 1 heterocycles. The molecule has 1 rings (SSSR count). The van der Waals surface area contributed by atoms with Crippen LogP contribution in [-0.4, -0.2) is 23.0 Å². The Morgan fingerprint density at radius 2 is 2.19 bits per heavy atom. The Kier molecular flexibility index (Phi) is 4.61. The molecule has 0 fully saturated rings. The molecule has 0 amide bonds. The number of carbonyl (C=O) groups is 1. The van der Waals surface area contributed by atoms with Gasteiger partial charge < -0.3 is 14.1 Å². The summed E-state index contributed by atoms with van der Waals surface area (Å²) in [4.78, 5) is 15.0. The van der Waals surface area contributed by atoms with Crippen molar-refractivity contribution in [3.05, 3.63) is 11.7 Å². The van der Waals surface area contributed by atoms with Crippen LogP contribution < -0.4 is 0 Å². The zero-order valence-electron chi connectivity index (χ0n) is 10.2. The summed E-state index contributed by atoms with van der Waals surface area (Å²) in [6, 6.07) is 0. The predicted molar refractivity (Wildman–Crippen MR) is 57.9 cm³/mol. The summed E-state index contributed by atoms with van der Waals surface area (Å²) in [6.45, 7) is 5.60. The van der Waals surface area contributed by atoms with Crippen LogP contribution in [0.5, 0.6) is 0 Å². The first kappa shape index (κ1) is 12.8. The molecular formula is C11H18N2O3. The van der Waals surface area contributed by atoms with Crippen LogP contribution in [0.3, 0.4) is 0 Å². The number of Topliss-reactive ketones (excluding diaryl/α,β-unsaturated/α-hetero) is 1. The highest BCUT2D eigenvalue weighted by Gasteiger charge is 2.21. The Morgan fingerprint density at radius 3 is 2.69 bits per heavy atom. The molecule has 1 aromatic rings. The standard InChI is InChI=1S/C11H18N2O3/c1-7(2)10(15-4)11-12-9(16-13-11)6-5-8(3)14/h7,10H,5-6H2,1-4H3. The molecule has 0 saturated heterocycles. The molecule has 1 unspecified atom stereocenters. The zero-order valence-corrected chi connectivity index (χ0v) is 10.2. The van der Waals surface area contributed by atoms with Crippen LogP contribution in [0.15, 0.2) is 4.52 Å². The highest BCUT2D eigenvalue weighted by Crippen LogP contribution is 2.22. The van der Waals surface area contributed by atoms with Gasteiger partial charge in [-0.3, -0.25) is 0 Å². The number of ketones is 1. The second kappa shape index (κ2) is 5.75. The van der Waals surface area contributed by atoms with Gasteiger partial charge in [-0.15, -0.1) is 0 Å². The SMILES string of the molecule is COC(c1noc(CCC(C)=O)n1)C(C)C. The molecule has 90 valence electrons. The van der Waals surface area contributed by atoms with Gasteiger partial charge in [0, 0.05) is 20.0 Å². The minimum atomic E-state index is -0.158. The van der Waals surface area contributed by atoms with E-state index in [1.807, 2.05) is 13.8 Å². The van der Waals surface area contributed by atoms with Crippen LogP contribution in [0.1, 0.15) is 45.0 Å². The molecule has 0 aliphatic rings. The van der Waals surface area contributed by atoms with Gasteiger partial charge in [0.2, 0.25) is 11.7 Å². The Morgan fingerprint density at radius 1 is 1.50 bits per heavy atom. The maximum Gasteiger partial charge on any atom is 0.227 e. The van der Waals surface area contributed by atoms with E-state index in [4.69, 9.17) is 9.26 Å². The second-order valence-corrected chi connectivity index (χ2v) is 4.15. The lowest BCUT2D eigenvalue weighted by atomic mass is 10.1. The minimum Gasteiger partial charge on any atom is -0.373 e. The van der Waals surface area contributed by atoms with Gasteiger partial charge in [-0.2, -0.15) is 4.98 Å². The molecule has 5 heteroatoms. The van der Waals surface area contributed by atoms with Crippen LogP contribution in [0.25, 0.3) is 0 Å². The fourth-order valence-corrected chi connectivity index (χ4v) is 1.44. The van der Waals surface area contributed by atoms with Crippen molar-refractivity contribution in [2.45, 2.75) is 39.7 Å². The Labute approximate surface area is 95.2 Å². The number of carbonyl (C=O) groups excluding carboxylic acids is 1. The van der Waals surface area contributed by atoms with Gasteiger partial charge in [0.25, 0.3) is 0 Å². The quantitative estimate of drug-likeness (QED) is 0.741. The lowest BCUT2D eigenvalue weighted by Gasteiger charge is -2.14. The average Bonchev–Trinajstić information content (AvgIpc) is 2.64. The highest BCUT2D eigenvalue weighted by molar-refractivity contribution is 5.75. The van der Waals surface area contributed by atoms with E-state index in [0.29, 0.717) is 24.6 Å². The van der Waals surface area contributed by atoms with Gasteiger partial charge >= 0.3 is 0 Å². The van der Waals surface area contributed by atoms with E-state index < -0.39 is 0 Å². The van der Waals surface area contributed by atoms with Crippen LogP contribution in [-0.2, 0) is 16.0 Å². The van der Waals surface area contributed by atoms with Crippen LogP contribution >= 0.6 is 0 Å². The molecule has 0 radical (unpaired) electrons.